The third kappa shape index (κ3) is 5.06. The summed E-state index contributed by atoms with van der Waals surface area (Å²) in [6.07, 6.45) is 3.33. The van der Waals surface area contributed by atoms with E-state index in [0.29, 0.717) is 22.7 Å². The van der Waals surface area contributed by atoms with Gasteiger partial charge in [-0.15, -0.1) is 0 Å². The minimum atomic E-state index is -4.35. The van der Waals surface area contributed by atoms with E-state index in [0.717, 1.165) is 21.6 Å². The molecule has 6 rings (SSSR count). The number of aromatic nitrogens is 7. The van der Waals surface area contributed by atoms with Gasteiger partial charge < -0.3 is 9.47 Å². The number of nitriles is 1. The molecule has 13 heteroatoms. The van der Waals surface area contributed by atoms with E-state index < -0.39 is 12.7 Å². The van der Waals surface area contributed by atoms with E-state index in [1.165, 1.54) is 31.6 Å². The highest BCUT2D eigenvalue weighted by Crippen LogP contribution is 2.43. The molecule has 0 atom stereocenters. The second kappa shape index (κ2) is 9.97. The molecule has 0 saturated heterocycles. The van der Waals surface area contributed by atoms with E-state index in [4.69, 9.17) is 14.7 Å². The number of rotatable bonds is 5. The number of halogens is 3. The Balaban J connectivity index is 0.000000163. The van der Waals surface area contributed by atoms with Crippen LogP contribution < -0.4 is 9.47 Å². The summed E-state index contributed by atoms with van der Waals surface area (Å²) in [5.74, 6) is 1.01. The van der Waals surface area contributed by atoms with Crippen LogP contribution in [0.15, 0.2) is 48.9 Å². The molecule has 0 unspecified atom stereocenters. The van der Waals surface area contributed by atoms with Crippen LogP contribution in [0.4, 0.5) is 13.2 Å². The quantitative estimate of drug-likeness (QED) is 0.330. The molecule has 0 radical (unpaired) electrons. The molecule has 0 spiro atoms. The van der Waals surface area contributed by atoms with Crippen LogP contribution in [0.1, 0.15) is 30.0 Å². The van der Waals surface area contributed by atoms with Crippen LogP contribution in [0.2, 0.25) is 0 Å². The summed E-state index contributed by atoms with van der Waals surface area (Å²) in [6, 6.07) is 10.5. The normalized spacial score (nSPS) is 13.2. The smallest absolute Gasteiger partial charge is 0.408 e. The predicted octanol–water partition coefficient (Wildman–Crippen LogP) is 4.55. The highest BCUT2D eigenvalue weighted by molar-refractivity contribution is 5.84. The van der Waals surface area contributed by atoms with E-state index in [9.17, 15) is 13.2 Å². The van der Waals surface area contributed by atoms with Crippen molar-refractivity contribution in [3.63, 3.8) is 0 Å². The molecule has 4 heterocycles. The average molecular weight is 522 g/mol. The number of hydrogen-bond donors (Lipinski definition) is 0. The number of para-hydroxylation sites is 1. The van der Waals surface area contributed by atoms with Gasteiger partial charge in [0.15, 0.2) is 11.3 Å². The minimum Gasteiger partial charge on any atom is -0.480 e. The van der Waals surface area contributed by atoms with E-state index in [-0.39, 0.29) is 11.7 Å². The Hall–Kier alpha value is -4.73. The van der Waals surface area contributed by atoms with Crippen LogP contribution in [-0.4, -0.2) is 54.7 Å². The van der Waals surface area contributed by atoms with Crippen LogP contribution >= 0.6 is 0 Å². The van der Waals surface area contributed by atoms with Crippen LogP contribution in [0, 0.1) is 11.3 Å². The van der Waals surface area contributed by atoms with Gasteiger partial charge in [0.05, 0.1) is 31.0 Å². The second-order valence-electron chi connectivity index (χ2n) is 8.48. The minimum absolute atomic E-state index is 0.0138. The lowest BCUT2D eigenvalue weighted by Gasteiger charge is -2.10. The van der Waals surface area contributed by atoms with Crippen molar-refractivity contribution in [1.29, 1.82) is 5.26 Å². The maximum absolute atomic E-state index is 12.2. The molecule has 1 aliphatic carbocycles. The van der Waals surface area contributed by atoms with Crippen molar-refractivity contribution in [2.45, 2.75) is 31.5 Å². The van der Waals surface area contributed by atoms with Crippen molar-refractivity contribution in [1.82, 2.24) is 34.3 Å². The summed E-state index contributed by atoms with van der Waals surface area (Å²) in [7, 11) is 3.10. The second-order valence-corrected chi connectivity index (χ2v) is 8.48. The summed E-state index contributed by atoms with van der Waals surface area (Å²) in [6.45, 7) is -1.19. The van der Waals surface area contributed by atoms with E-state index in [1.54, 1.807) is 48.3 Å². The van der Waals surface area contributed by atoms with E-state index in [1.807, 2.05) is 6.20 Å². The van der Waals surface area contributed by atoms with Crippen molar-refractivity contribution < 1.29 is 22.6 Å². The lowest BCUT2D eigenvalue weighted by molar-refractivity contribution is -0.141. The molecule has 10 nitrogen and oxygen atoms in total. The van der Waals surface area contributed by atoms with Gasteiger partial charge in [-0.05, 0) is 37.0 Å². The summed E-state index contributed by atoms with van der Waals surface area (Å²) >= 11 is 0. The summed E-state index contributed by atoms with van der Waals surface area (Å²) in [5, 5.41) is 17.4. The number of methoxy groups -OCH3 is 2. The molecule has 1 aliphatic rings. The topological polar surface area (TPSA) is 116 Å². The molecule has 1 fully saturated rings. The van der Waals surface area contributed by atoms with Crippen LogP contribution in [0.3, 0.4) is 0 Å². The van der Waals surface area contributed by atoms with Crippen molar-refractivity contribution in [2.24, 2.45) is 0 Å². The van der Waals surface area contributed by atoms with Gasteiger partial charge in [0.1, 0.15) is 12.6 Å². The SMILES string of the molecule is COc1ncc(-c2cc(C3CC3)c3nccn3n2)c(OC)n1.N#Cc1nn(CC(F)(F)F)c2ccccc12. The highest BCUT2D eigenvalue weighted by Gasteiger charge is 2.30. The van der Waals surface area contributed by atoms with Crippen molar-refractivity contribution >= 4 is 16.6 Å². The number of nitrogens with zero attached hydrogens (tertiary/aromatic N) is 8. The van der Waals surface area contributed by atoms with E-state index >= 15 is 0 Å². The molecule has 0 bridgehead atoms. The Morgan fingerprint density at radius 3 is 2.58 bits per heavy atom. The number of hydrogen-bond acceptors (Lipinski definition) is 8. The van der Waals surface area contributed by atoms with Crippen LogP contribution in [0.25, 0.3) is 27.8 Å². The number of imidazole rings is 1. The standard InChI is InChI=1S/C15H15N5O2.C10H6F3N3/c1-21-14-11(8-17-15(18-14)22-2)12-7-10(9-3-4-9)13-16-5-6-20(13)19-12;11-10(12,13)6-16-9-4-2-1-3-7(9)8(5-14)15-16/h5-9H,3-4H2,1-2H3;1-4H,6H2. The number of fused-ring (bicyclic) bond motifs is 2. The van der Waals surface area contributed by atoms with Crippen molar-refractivity contribution in [3.8, 4) is 29.2 Å². The number of ether oxygens (including phenoxy) is 2. The van der Waals surface area contributed by atoms with Gasteiger partial charge in [0.25, 0.3) is 0 Å². The molecule has 4 aromatic heterocycles. The first-order valence-corrected chi connectivity index (χ1v) is 11.5. The maximum atomic E-state index is 12.2. The zero-order valence-electron chi connectivity index (χ0n) is 20.3. The fourth-order valence-corrected chi connectivity index (χ4v) is 4.05. The molecule has 0 amide bonds. The molecule has 38 heavy (non-hydrogen) atoms. The third-order valence-corrected chi connectivity index (χ3v) is 5.88. The molecule has 0 aliphatic heterocycles. The van der Waals surface area contributed by atoms with Crippen molar-refractivity contribution in [2.75, 3.05) is 14.2 Å². The first-order chi connectivity index (χ1) is 18.3. The summed E-state index contributed by atoms with van der Waals surface area (Å²) in [5.41, 5.74) is 3.97. The largest absolute Gasteiger partial charge is 0.480 e. The van der Waals surface area contributed by atoms with Gasteiger partial charge in [-0.1, -0.05) is 12.1 Å². The fourth-order valence-electron chi connectivity index (χ4n) is 4.05. The molecule has 0 N–H and O–H groups in total. The Morgan fingerprint density at radius 1 is 1.11 bits per heavy atom. The molecular weight excluding hydrogens is 501 g/mol. The van der Waals surface area contributed by atoms with Crippen LogP contribution in [0.5, 0.6) is 11.9 Å². The Kier molecular flexibility index (Phi) is 6.54. The monoisotopic (exact) mass is 522 g/mol. The molecule has 5 aromatic rings. The highest BCUT2D eigenvalue weighted by atomic mass is 19.4. The summed E-state index contributed by atoms with van der Waals surface area (Å²) in [4.78, 5) is 12.8. The summed E-state index contributed by atoms with van der Waals surface area (Å²) < 4.78 is 49.7. The molecule has 194 valence electrons. The molecular formula is C25H21F3N8O2. The van der Waals surface area contributed by atoms with Crippen molar-refractivity contribution in [3.05, 3.63) is 60.2 Å². The Bertz CT molecular complexity index is 1650. The van der Waals surface area contributed by atoms with Gasteiger partial charge in [-0.3, -0.25) is 4.68 Å². The number of alkyl halides is 3. The van der Waals surface area contributed by atoms with Crippen LogP contribution in [-0.2, 0) is 6.54 Å². The maximum Gasteiger partial charge on any atom is 0.408 e. The molecule has 1 aromatic carbocycles. The first kappa shape index (κ1) is 24.9. The van der Waals surface area contributed by atoms with Gasteiger partial charge in [0.2, 0.25) is 5.88 Å². The van der Waals surface area contributed by atoms with Gasteiger partial charge in [-0.2, -0.15) is 33.6 Å². The molecule has 1 saturated carbocycles. The Labute approximate surface area is 214 Å². The predicted molar refractivity (Wildman–Crippen MR) is 130 cm³/mol. The zero-order valence-corrected chi connectivity index (χ0v) is 20.3. The van der Waals surface area contributed by atoms with Gasteiger partial charge in [-0.25, -0.2) is 14.5 Å². The fraction of sp³-hybridized carbons (Fsp3) is 0.280. The lowest BCUT2D eigenvalue weighted by atomic mass is 10.1. The third-order valence-electron chi connectivity index (χ3n) is 5.88. The van der Waals surface area contributed by atoms with E-state index in [2.05, 4.69) is 31.2 Å². The Morgan fingerprint density at radius 2 is 1.89 bits per heavy atom. The first-order valence-electron chi connectivity index (χ1n) is 11.5. The number of benzene rings is 1. The van der Waals surface area contributed by atoms with Gasteiger partial charge in [0, 0.05) is 29.5 Å². The zero-order chi connectivity index (χ0) is 26.9. The van der Waals surface area contributed by atoms with Gasteiger partial charge >= 0.3 is 12.2 Å². The average Bonchev–Trinajstić information content (AvgIpc) is 3.55. The lowest BCUT2D eigenvalue weighted by Crippen LogP contribution is -2.18.